The quantitative estimate of drug-likeness (QED) is 0.908. The molecule has 3 rings (SSSR count). The van der Waals surface area contributed by atoms with Gasteiger partial charge in [0.1, 0.15) is 5.75 Å². The molecule has 0 bridgehead atoms. The average Bonchev–Trinajstić information content (AvgIpc) is 3.17. The van der Waals surface area contributed by atoms with Gasteiger partial charge in [0.25, 0.3) is 0 Å². The normalized spacial score (nSPS) is 14.6. The van der Waals surface area contributed by atoms with Gasteiger partial charge in [0.05, 0.1) is 11.3 Å². The summed E-state index contributed by atoms with van der Waals surface area (Å²) in [7, 11) is 1.92. The molecule has 1 saturated carbocycles. The number of aromatic nitrogens is 2. The molecule has 0 unspecified atom stereocenters. The van der Waals surface area contributed by atoms with Crippen molar-refractivity contribution in [3.63, 3.8) is 0 Å². The van der Waals surface area contributed by atoms with E-state index >= 15 is 0 Å². The first-order chi connectivity index (χ1) is 9.63. The number of hydrogen-bond donors (Lipinski definition) is 1. The predicted octanol–water partition coefficient (Wildman–Crippen LogP) is 3.54. The minimum atomic E-state index is 0.674. The lowest BCUT2D eigenvalue weighted by molar-refractivity contribution is 0.423. The third kappa shape index (κ3) is 3.04. The maximum atomic E-state index is 6.03. The van der Waals surface area contributed by atoms with Crippen molar-refractivity contribution in [2.45, 2.75) is 32.4 Å². The van der Waals surface area contributed by atoms with Crippen LogP contribution in [0.3, 0.4) is 0 Å². The molecular weight excluding hydrogens is 318 g/mol. The summed E-state index contributed by atoms with van der Waals surface area (Å²) < 4.78 is 8.84. The van der Waals surface area contributed by atoms with E-state index in [1.54, 1.807) is 4.68 Å². The second kappa shape index (κ2) is 5.58. The highest BCUT2D eigenvalue weighted by Gasteiger charge is 2.23. The molecule has 106 valence electrons. The topological polar surface area (TPSA) is 39.1 Å². The molecule has 1 N–H and O–H groups in total. The molecule has 2 aromatic rings. The van der Waals surface area contributed by atoms with E-state index in [1.165, 1.54) is 12.8 Å². The van der Waals surface area contributed by atoms with E-state index in [4.69, 9.17) is 4.74 Å². The van der Waals surface area contributed by atoms with E-state index in [9.17, 15) is 0 Å². The third-order valence-corrected chi connectivity index (χ3v) is 3.94. The zero-order valence-electron chi connectivity index (χ0n) is 11.7. The van der Waals surface area contributed by atoms with Crippen LogP contribution in [0.15, 0.2) is 28.7 Å². The van der Waals surface area contributed by atoms with Gasteiger partial charge in [-0.15, -0.1) is 0 Å². The molecule has 0 atom stereocenters. The maximum absolute atomic E-state index is 6.03. The van der Waals surface area contributed by atoms with Gasteiger partial charge >= 0.3 is 0 Å². The van der Waals surface area contributed by atoms with Gasteiger partial charge in [-0.25, -0.2) is 4.68 Å². The molecule has 20 heavy (non-hydrogen) atoms. The Bertz CT molecular complexity index is 620. The highest BCUT2D eigenvalue weighted by molar-refractivity contribution is 9.10. The standard InChI is InChI=1S/C15H18BrN3O/c1-10-14(9-17-12-6-7-12)15(19(2)18-10)20-13-5-3-4-11(16)8-13/h3-5,8,12,17H,6-7,9H2,1-2H3. The maximum Gasteiger partial charge on any atom is 0.222 e. The van der Waals surface area contributed by atoms with E-state index < -0.39 is 0 Å². The molecule has 0 radical (unpaired) electrons. The van der Waals surface area contributed by atoms with Crippen molar-refractivity contribution in [1.82, 2.24) is 15.1 Å². The van der Waals surface area contributed by atoms with Gasteiger partial charge in [-0.05, 0) is 38.0 Å². The van der Waals surface area contributed by atoms with Crippen LogP contribution in [0.25, 0.3) is 0 Å². The van der Waals surface area contributed by atoms with Gasteiger partial charge in [-0.1, -0.05) is 22.0 Å². The summed E-state index contributed by atoms with van der Waals surface area (Å²) in [5.74, 6) is 1.63. The lowest BCUT2D eigenvalue weighted by Gasteiger charge is -2.09. The fourth-order valence-electron chi connectivity index (χ4n) is 2.19. The smallest absolute Gasteiger partial charge is 0.222 e. The lowest BCUT2D eigenvalue weighted by Crippen LogP contribution is -2.16. The van der Waals surface area contributed by atoms with Crippen LogP contribution < -0.4 is 10.1 Å². The zero-order chi connectivity index (χ0) is 14.1. The van der Waals surface area contributed by atoms with E-state index in [0.717, 1.165) is 33.9 Å². The van der Waals surface area contributed by atoms with Gasteiger partial charge in [0.2, 0.25) is 5.88 Å². The Hall–Kier alpha value is -1.33. The molecule has 0 saturated heterocycles. The van der Waals surface area contributed by atoms with Crippen LogP contribution in [0.5, 0.6) is 11.6 Å². The fourth-order valence-corrected chi connectivity index (χ4v) is 2.57. The molecule has 5 heteroatoms. The van der Waals surface area contributed by atoms with Crippen LogP contribution in [0.1, 0.15) is 24.1 Å². The Morgan fingerprint density at radius 1 is 1.45 bits per heavy atom. The molecule has 1 aliphatic carbocycles. The molecule has 1 aliphatic rings. The zero-order valence-corrected chi connectivity index (χ0v) is 13.3. The van der Waals surface area contributed by atoms with Crippen molar-refractivity contribution < 1.29 is 4.74 Å². The summed E-state index contributed by atoms with van der Waals surface area (Å²) in [6.45, 7) is 2.84. The van der Waals surface area contributed by atoms with E-state index in [1.807, 2.05) is 38.2 Å². The Balaban J connectivity index is 1.83. The lowest BCUT2D eigenvalue weighted by atomic mass is 10.2. The van der Waals surface area contributed by atoms with Crippen molar-refractivity contribution in [3.8, 4) is 11.6 Å². The second-order valence-electron chi connectivity index (χ2n) is 5.21. The summed E-state index contributed by atoms with van der Waals surface area (Å²) in [5.41, 5.74) is 2.16. The molecule has 0 amide bonds. The molecule has 1 heterocycles. The SMILES string of the molecule is Cc1nn(C)c(Oc2cccc(Br)c2)c1CNC1CC1. The Morgan fingerprint density at radius 3 is 2.95 bits per heavy atom. The van der Waals surface area contributed by atoms with Crippen molar-refractivity contribution in [2.75, 3.05) is 0 Å². The number of ether oxygens (including phenoxy) is 1. The first-order valence-electron chi connectivity index (χ1n) is 6.83. The van der Waals surface area contributed by atoms with Crippen LogP contribution in [-0.4, -0.2) is 15.8 Å². The van der Waals surface area contributed by atoms with Gasteiger partial charge < -0.3 is 10.1 Å². The summed E-state index contributed by atoms with van der Waals surface area (Å²) in [5, 5.41) is 7.99. The molecule has 0 spiro atoms. The highest BCUT2D eigenvalue weighted by atomic mass is 79.9. The number of rotatable bonds is 5. The van der Waals surface area contributed by atoms with Gasteiger partial charge in [0, 0.05) is 24.1 Å². The average molecular weight is 336 g/mol. The largest absolute Gasteiger partial charge is 0.439 e. The van der Waals surface area contributed by atoms with Crippen molar-refractivity contribution >= 4 is 15.9 Å². The van der Waals surface area contributed by atoms with Crippen molar-refractivity contribution in [3.05, 3.63) is 40.0 Å². The van der Waals surface area contributed by atoms with Crippen LogP contribution in [-0.2, 0) is 13.6 Å². The minimum Gasteiger partial charge on any atom is -0.439 e. The van der Waals surface area contributed by atoms with E-state index in [2.05, 4.69) is 26.3 Å². The first-order valence-corrected chi connectivity index (χ1v) is 7.62. The number of hydrogen-bond acceptors (Lipinski definition) is 3. The summed E-state index contributed by atoms with van der Waals surface area (Å²) in [4.78, 5) is 0. The Kier molecular flexibility index (Phi) is 3.81. The minimum absolute atomic E-state index is 0.674. The first kappa shape index (κ1) is 13.6. The van der Waals surface area contributed by atoms with Crippen LogP contribution in [0.2, 0.25) is 0 Å². The van der Waals surface area contributed by atoms with E-state index in [-0.39, 0.29) is 0 Å². The number of benzene rings is 1. The molecule has 1 fully saturated rings. The Morgan fingerprint density at radius 2 is 2.25 bits per heavy atom. The summed E-state index contributed by atoms with van der Waals surface area (Å²) in [6, 6.07) is 8.53. The summed E-state index contributed by atoms with van der Waals surface area (Å²) in [6.07, 6.45) is 2.56. The Labute approximate surface area is 127 Å². The summed E-state index contributed by atoms with van der Waals surface area (Å²) >= 11 is 3.46. The predicted molar refractivity (Wildman–Crippen MR) is 82.0 cm³/mol. The molecular formula is C15H18BrN3O. The number of nitrogens with zero attached hydrogens (tertiary/aromatic N) is 2. The molecule has 1 aromatic carbocycles. The molecule has 4 nitrogen and oxygen atoms in total. The van der Waals surface area contributed by atoms with Crippen molar-refractivity contribution in [1.29, 1.82) is 0 Å². The number of nitrogens with one attached hydrogen (secondary N) is 1. The monoisotopic (exact) mass is 335 g/mol. The number of aryl methyl sites for hydroxylation is 2. The van der Waals surface area contributed by atoms with Crippen molar-refractivity contribution in [2.24, 2.45) is 7.05 Å². The highest BCUT2D eigenvalue weighted by Crippen LogP contribution is 2.29. The fraction of sp³-hybridized carbons (Fsp3) is 0.400. The van der Waals surface area contributed by atoms with Gasteiger partial charge in [0.15, 0.2) is 0 Å². The van der Waals surface area contributed by atoms with Crippen LogP contribution >= 0.6 is 15.9 Å². The second-order valence-corrected chi connectivity index (χ2v) is 6.12. The third-order valence-electron chi connectivity index (χ3n) is 3.44. The number of halogens is 1. The van der Waals surface area contributed by atoms with Crippen LogP contribution in [0, 0.1) is 6.92 Å². The van der Waals surface area contributed by atoms with Gasteiger partial charge in [-0.3, -0.25) is 0 Å². The van der Waals surface area contributed by atoms with Crippen LogP contribution in [0.4, 0.5) is 0 Å². The van der Waals surface area contributed by atoms with E-state index in [0.29, 0.717) is 6.04 Å². The van der Waals surface area contributed by atoms with Gasteiger partial charge in [-0.2, -0.15) is 5.10 Å². The molecule has 0 aliphatic heterocycles. The molecule has 1 aromatic heterocycles.